The van der Waals surface area contributed by atoms with Gasteiger partial charge in [0.1, 0.15) is 5.75 Å². The molecule has 5 nitrogen and oxygen atoms in total. The summed E-state index contributed by atoms with van der Waals surface area (Å²) in [6.45, 7) is 4.03. The van der Waals surface area contributed by atoms with Crippen molar-refractivity contribution >= 4 is 11.7 Å². The molecule has 0 radical (unpaired) electrons. The van der Waals surface area contributed by atoms with E-state index in [4.69, 9.17) is 9.84 Å². The molecule has 1 aromatic rings. The SMILES string of the molecule is COc1cccc(N(CCCN(C)C)CC(C)C(=O)O)c1. The first-order chi connectivity index (χ1) is 9.93. The van der Waals surface area contributed by atoms with Gasteiger partial charge in [0, 0.05) is 24.8 Å². The summed E-state index contributed by atoms with van der Waals surface area (Å²) in [7, 11) is 5.71. The van der Waals surface area contributed by atoms with Crippen LogP contribution in [-0.4, -0.2) is 56.8 Å². The second-order valence-electron chi connectivity index (χ2n) is 5.54. The Hall–Kier alpha value is -1.75. The van der Waals surface area contributed by atoms with E-state index in [1.165, 1.54) is 0 Å². The summed E-state index contributed by atoms with van der Waals surface area (Å²) < 4.78 is 5.25. The fourth-order valence-corrected chi connectivity index (χ4v) is 2.12. The van der Waals surface area contributed by atoms with Crippen molar-refractivity contribution in [1.82, 2.24) is 4.90 Å². The van der Waals surface area contributed by atoms with Gasteiger partial charge in [-0.05, 0) is 39.2 Å². The van der Waals surface area contributed by atoms with E-state index in [-0.39, 0.29) is 0 Å². The van der Waals surface area contributed by atoms with Crippen LogP contribution in [0.1, 0.15) is 13.3 Å². The fourth-order valence-electron chi connectivity index (χ4n) is 2.12. The second-order valence-corrected chi connectivity index (χ2v) is 5.54. The predicted molar refractivity (Wildman–Crippen MR) is 85.2 cm³/mol. The number of benzene rings is 1. The highest BCUT2D eigenvalue weighted by Gasteiger charge is 2.17. The van der Waals surface area contributed by atoms with Gasteiger partial charge in [0.05, 0.1) is 13.0 Å². The lowest BCUT2D eigenvalue weighted by Crippen LogP contribution is -2.34. The minimum Gasteiger partial charge on any atom is -0.497 e. The van der Waals surface area contributed by atoms with Crippen LogP contribution in [-0.2, 0) is 4.79 Å². The molecule has 0 saturated heterocycles. The Morgan fingerprint density at radius 3 is 2.62 bits per heavy atom. The molecule has 1 rings (SSSR count). The van der Waals surface area contributed by atoms with E-state index in [2.05, 4.69) is 9.80 Å². The van der Waals surface area contributed by atoms with Gasteiger partial charge >= 0.3 is 5.97 Å². The molecule has 1 atom stereocenters. The minimum atomic E-state index is -0.768. The number of carboxylic acid groups (broad SMARTS) is 1. The molecule has 0 spiro atoms. The molecule has 1 N–H and O–H groups in total. The van der Waals surface area contributed by atoms with Gasteiger partial charge in [-0.15, -0.1) is 0 Å². The maximum atomic E-state index is 11.1. The lowest BCUT2D eigenvalue weighted by Gasteiger charge is -2.27. The molecule has 0 aromatic heterocycles. The quantitative estimate of drug-likeness (QED) is 0.756. The van der Waals surface area contributed by atoms with E-state index < -0.39 is 11.9 Å². The molecule has 0 heterocycles. The fraction of sp³-hybridized carbons (Fsp3) is 0.562. The number of aliphatic carboxylic acids is 1. The highest BCUT2D eigenvalue weighted by atomic mass is 16.5. The standard InChI is InChI=1S/C16H26N2O3/c1-13(16(19)20)12-18(10-6-9-17(2)3)14-7-5-8-15(11-14)21-4/h5,7-8,11,13H,6,9-10,12H2,1-4H3,(H,19,20). The van der Waals surface area contributed by atoms with Gasteiger partial charge in [-0.3, -0.25) is 4.79 Å². The molecule has 0 saturated carbocycles. The van der Waals surface area contributed by atoms with Crippen molar-refractivity contribution in [2.45, 2.75) is 13.3 Å². The first-order valence-electron chi connectivity index (χ1n) is 7.20. The molecule has 0 aliphatic carbocycles. The van der Waals surface area contributed by atoms with E-state index in [0.717, 1.165) is 30.9 Å². The van der Waals surface area contributed by atoms with Crippen LogP contribution in [0.2, 0.25) is 0 Å². The van der Waals surface area contributed by atoms with Crippen LogP contribution < -0.4 is 9.64 Å². The average molecular weight is 294 g/mol. The molecule has 0 aliphatic heterocycles. The van der Waals surface area contributed by atoms with Gasteiger partial charge in [0.15, 0.2) is 0 Å². The molecule has 5 heteroatoms. The topological polar surface area (TPSA) is 53.0 Å². The normalized spacial score (nSPS) is 12.2. The number of carbonyl (C=O) groups is 1. The summed E-state index contributed by atoms with van der Waals surface area (Å²) in [6.07, 6.45) is 0.983. The zero-order chi connectivity index (χ0) is 15.8. The number of ether oxygens (including phenoxy) is 1. The minimum absolute atomic E-state index is 0.407. The third kappa shape index (κ3) is 6.04. The van der Waals surface area contributed by atoms with Crippen LogP contribution in [0.4, 0.5) is 5.69 Å². The smallest absolute Gasteiger partial charge is 0.308 e. The lowest BCUT2D eigenvalue weighted by atomic mass is 10.1. The van der Waals surface area contributed by atoms with Gasteiger partial charge < -0.3 is 19.6 Å². The Bertz CT molecular complexity index is 449. The summed E-state index contributed by atoms with van der Waals surface area (Å²) in [5.74, 6) is -0.390. The van der Waals surface area contributed by atoms with E-state index in [1.807, 2.05) is 38.4 Å². The number of anilines is 1. The van der Waals surface area contributed by atoms with E-state index in [0.29, 0.717) is 6.54 Å². The third-order valence-electron chi connectivity index (χ3n) is 3.37. The van der Waals surface area contributed by atoms with Crippen LogP contribution in [0.25, 0.3) is 0 Å². The van der Waals surface area contributed by atoms with Crippen molar-refractivity contribution in [3.05, 3.63) is 24.3 Å². The maximum absolute atomic E-state index is 11.1. The van der Waals surface area contributed by atoms with E-state index in [9.17, 15) is 4.79 Å². The lowest BCUT2D eigenvalue weighted by molar-refractivity contribution is -0.140. The number of rotatable bonds is 9. The van der Waals surface area contributed by atoms with Gasteiger partial charge in [-0.1, -0.05) is 13.0 Å². The molecular weight excluding hydrogens is 268 g/mol. The summed E-state index contributed by atoms with van der Waals surface area (Å²) in [6, 6.07) is 7.76. The zero-order valence-electron chi connectivity index (χ0n) is 13.4. The number of nitrogens with zero attached hydrogens (tertiary/aromatic N) is 2. The average Bonchev–Trinajstić information content (AvgIpc) is 2.45. The Kier molecular flexibility index (Phi) is 7.02. The third-order valence-corrected chi connectivity index (χ3v) is 3.37. The van der Waals surface area contributed by atoms with Crippen molar-refractivity contribution in [1.29, 1.82) is 0 Å². The molecule has 21 heavy (non-hydrogen) atoms. The maximum Gasteiger partial charge on any atom is 0.308 e. The van der Waals surface area contributed by atoms with Gasteiger partial charge in [0.25, 0.3) is 0 Å². The Morgan fingerprint density at radius 2 is 2.05 bits per heavy atom. The predicted octanol–water partition coefficient (Wildman–Crippen LogP) is 2.17. The van der Waals surface area contributed by atoms with Crippen molar-refractivity contribution in [2.24, 2.45) is 5.92 Å². The first kappa shape index (κ1) is 17.3. The summed E-state index contributed by atoms with van der Waals surface area (Å²) in [5.41, 5.74) is 1.00. The zero-order valence-corrected chi connectivity index (χ0v) is 13.4. The monoisotopic (exact) mass is 294 g/mol. The molecule has 1 unspecified atom stereocenters. The highest BCUT2D eigenvalue weighted by molar-refractivity contribution is 5.70. The van der Waals surface area contributed by atoms with Crippen LogP contribution >= 0.6 is 0 Å². The first-order valence-corrected chi connectivity index (χ1v) is 7.20. The van der Waals surface area contributed by atoms with Gasteiger partial charge in [0.2, 0.25) is 0 Å². The largest absolute Gasteiger partial charge is 0.497 e. The molecular formula is C16H26N2O3. The number of carboxylic acids is 1. The molecule has 0 fully saturated rings. The van der Waals surface area contributed by atoms with Crippen molar-refractivity contribution in [2.75, 3.05) is 45.7 Å². The Balaban J connectivity index is 2.80. The molecule has 1 aromatic carbocycles. The number of methoxy groups -OCH3 is 1. The summed E-state index contributed by atoms with van der Waals surface area (Å²) in [4.78, 5) is 15.4. The van der Waals surface area contributed by atoms with Gasteiger partial charge in [-0.2, -0.15) is 0 Å². The van der Waals surface area contributed by atoms with E-state index in [1.54, 1.807) is 14.0 Å². The number of hydrogen-bond donors (Lipinski definition) is 1. The molecule has 0 bridgehead atoms. The van der Waals surface area contributed by atoms with Gasteiger partial charge in [-0.25, -0.2) is 0 Å². The Labute approximate surface area is 127 Å². The molecule has 118 valence electrons. The van der Waals surface area contributed by atoms with Crippen molar-refractivity contribution in [3.63, 3.8) is 0 Å². The summed E-state index contributed by atoms with van der Waals surface area (Å²) in [5, 5.41) is 9.13. The van der Waals surface area contributed by atoms with Crippen molar-refractivity contribution in [3.8, 4) is 5.75 Å². The second kappa shape index (κ2) is 8.52. The molecule has 0 aliphatic rings. The Morgan fingerprint density at radius 1 is 1.33 bits per heavy atom. The van der Waals surface area contributed by atoms with Crippen LogP contribution in [0.15, 0.2) is 24.3 Å². The van der Waals surface area contributed by atoms with Crippen LogP contribution in [0.3, 0.4) is 0 Å². The highest BCUT2D eigenvalue weighted by Crippen LogP contribution is 2.22. The van der Waals surface area contributed by atoms with Crippen molar-refractivity contribution < 1.29 is 14.6 Å². The van der Waals surface area contributed by atoms with E-state index >= 15 is 0 Å². The van der Waals surface area contributed by atoms with Crippen LogP contribution in [0.5, 0.6) is 5.75 Å². The number of hydrogen-bond acceptors (Lipinski definition) is 4. The summed E-state index contributed by atoms with van der Waals surface area (Å²) >= 11 is 0. The van der Waals surface area contributed by atoms with Crippen LogP contribution in [0, 0.1) is 5.92 Å². The molecule has 0 amide bonds.